The van der Waals surface area contributed by atoms with Crippen LogP contribution in [0.5, 0.6) is 0 Å². The molecule has 0 saturated heterocycles. The van der Waals surface area contributed by atoms with Crippen molar-refractivity contribution >= 4 is 22.5 Å². The van der Waals surface area contributed by atoms with Gasteiger partial charge in [0.2, 0.25) is 0 Å². The van der Waals surface area contributed by atoms with E-state index in [0.717, 1.165) is 5.39 Å². The van der Waals surface area contributed by atoms with Gasteiger partial charge >= 0.3 is 0 Å². The third-order valence-electron chi connectivity index (χ3n) is 2.91. The zero-order chi connectivity index (χ0) is 14.6. The Morgan fingerprint density at radius 1 is 1.26 bits per heavy atom. The molecule has 0 amide bonds. The second-order valence-corrected chi connectivity index (χ2v) is 3.88. The lowest BCUT2D eigenvalue weighted by atomic mass is 9.96. The van der Waals surface area contributed by atoms with Crippen LogP contribution in [0.15, 0.2) is 24.8 Å². The highest BCUT2D eigenvalue weighted by Crippen LogP contribution is 2.31. The van der Waals surface area contributed by atoms with Crippen molar-refractivity contribution in [1.82, 2.24) is 0 Å². The summed E-state index contributed by atoms with van der Waals surface area (Å²) in [7, 11) is 0. The maximum Gasteiger partial charge on any atom is 0.149 e. The van der Waals surface area contributed by atoms with E-state index in [0.29, 0.717) is 22.9 Å². The molecule has 102 valence electrons. The van der Waals surface area contributed by atoms with Gasteiger partial charge in [0.15, 0.2) is 0 Å². The predicted octanol–water partition coefficient (Wildman–Crippen LogP) is 4.93. The highest BCUT2D eigenvalue weighted by molar-refractivity contribution is 5.95. The van der Waals surface area contributed by atoms with Gasteiger partial charge in [0.1, 0.15) is 11.6 Å². The quantitative estimate of drug-likeness (QED) is 0.764. The number of fused-ring (bicyclic) bond motifs is 1. The summed E-state index contributed by atoms with van der Waals surface area (Å²) in [6.07, 6.45) is 1.87. The van der Waals surface area contributed by atoms with Gasteiger partial charge in [-0.05, 0) is 34.9 Å². The second kappa shape index (κ2) is 6.32. The smallest absolute Gasteiger partial charge is 0.149 e. The van der Waals surface area contributed by atoms with E-state index in [2.05, 4.69) is 6.58 Å². The maximum atomic E-state index is 13.9. The molecule has 3 heteroatoms. The first-order chi connectivity index (χ1) is 9.10. The zero-order valence-corrected chi connectivity index (χ0v) is 11.6. The van der Waals surface area contributed by atoms with E-state index >= 15 is 0 Å². The molecular weight excluding hydrogens is 244 g/mol. The molecule has 0 bridgehead atoms. The van der Waals surface area contributed by atoms with Crippen LogP contribution in [-0.4, -0.2) is 0 Å². The van der Waals surface area contributed by atoms with E-state index in [9.17, 15) is 8.78 Å². The number of benzene rings is 2. The Labute approximate surface area is 112 Å². The van der Waals surface area contributed by atoms with E-state index < -0.39 is 11.6 Å². The van der Waals surface area contributed by atoms with E-state index in [4.69, 9.17) is 5.73 Å². The number of halogens is 2. The molecular formula is C16H19F2N. The molecule has 19 heavy (non-hydrogen) atoms. The third kappa shape index (κ3) is 2.60. The van der Waals surface area contributed by atoms with Crippen LogP contribution in [0.3, 0.4) is 0 Å². The number of hydrogen-bond donors (Lipinski definition) is 1. The fourth-order valence-corrected chi connectivity index (χ4v) is 2.11. The third-order valence-corrected chi connectivity index (χ3v) is 2.91. The normalized spacial score (nSPS) is 9.95. The van der Waals surface area contributed by atoms with Crippen molar-refractivity contribution in [2.45, 2.75) is 27.2 Å². The Morgan fingerprint density at radius 3 is 2.42 bits per heavy atom. The Morgan fingerprint density at radius 2 is 1.89 bits per heavy atom. The molecule has 1 nitrogen and oxygen atoms in total. The van der Waals surface area contributed by atoms with Gasteiger partial charge in [0, 0.05) is 5.56 Å². The minimum absolute atomic E-state index is 0.0935. The van der Waals surface area contributed by atoms with Crippen LogP contribution in [0, 0.1) is 11.6 Å². The molecule has 0 aliphatic rings. The molecule has 0 atom stereocenters. The SMILES string of the molecule is C=Cc1c(F)ccc2cc(N)c(F)c(CC)c12.CC. The van der Waals surface area contributed by atoms with Crippen LogP contribution < -0.4 is 5.73 Å². The van der Waals surface area contributed by atoms with E-state index in [1.807, 2.05) is 20.8 Å². The average molecular weight is 263 g/mol. The number of nitrogen functional groups attached to an aromatic ring is 1. The topological polar surface area (TPSA) is 26.0 Å². The van der Waals surface area contributed by atoms with Gasteiger partial charge in [-0.1, -0.05) is 39.5 Å². The summed E-state index contributed by atoms with van der Waals surface area (Å²) in [6.45, 7) is 9.39. The monoisotopic (exact) mass is 263 g/mol. The maximum absolute atomic E-state index is 13.9. The summed E-state index contributed by atoms with van der Waals surface area (Å²) in [4.78, 5) is 0. The van der Waals surface area contributed by atoms with Gasteiger partial charge in [0.25, 0.3) is 0 Å². The van der Waals surface area contributed by atoms with E-state index in [-0.39, 0.29) is 5.69 Å². The van der Waals surface area contributed by atoms with Crippen molar-refractivity contribution in [3.8, 4) is 0 Å². The number of rotatable bonds is 2. The Kier molecular flexibility index (Phi) is 5.04. The fourth-order valence-electron chi connectivity index (χ4n) is 2.11. The van der Waals surface area contributed by atoms with Crippen molar-refractivity contribution in [1.29, 1.82) is 0 Å². The van der Waals surface area contributed by atoms with Gasteiger partial charge in [-0.2, -0.15) is 0 Å². The lowest BCUT2D eigenvalue weighted by Gasteiger charge is -2.12. The van der Waals surface area contributed by atoms with Crippen molar-refractivity contribution in [2.75, 3.05) is 5.73 Å². The first-order valence-corrected chi connectivity index (χ1v) is 6.41. The molecule has 0 aromatic heterocycles. The predicted molar refractivity (Wildman–Crippen MR) is 79.1 cm³/mol. The summed E-state index contributed by atoms with van der Waals surface area (Å²) < 4.78 is 27.5. The molecule has 0 spiro atoms. The van der Waals surface area contributed by atoms with Crippen LogP contribution in [0.25, 0.3) is 16.8 Å². The zero-order valence-electron chi connectivity index (χ0n) is 11.6. The number of aryl methyl sites for hydroxylation is 1. The van der Waals surface area contributed by atoms with Gasteiger partial charge in [-0.3, -0.25) is 0 Å². The number of nitrogens with two attached hydrogens (primary N) is 1. The summed E-state index contributed by atoms with van der Waals surface area (Å²) in [5.74, 6) is -0.861. The van der Waals surface area contributed by atoms with E-state index in [1.54, 1.807) is 6.07 Å². The molecule has 2 aromatic carbocycles. The van der Waals surface area contributed by atoms with Crippen molar-refractivity contribution in [3.63, 3.8) is 0 Å². The molecule has 0 aliphatic heterocycles. The van der Waals surface area contributed by atoms with Gasteiger partial charge in [-0.25, -0.2) is 8.78 Å². The summed E-state index contributed by atoms with van der Waals surface area (Å²) in [5, 5.41) is 1.30. The number of anilines is 1. The summed E-state index contributed by atoms with van der Waals surface area (Å²) in [6, 6.07) is 4.47. The second-order valence-electron chi connectivity index (χ2n) is 3.88. The molecule has 2 aromatic rings. The minimum atomic E-state index is -0.464. The minimum Gasteiger partial charge on any atom is -0.396 e. The largest absolute Gasteiger partial charge is 0.396 e. The van der Waals surface area contributed by atoms with Gasteiger partial charge in [0.05, 0.1) is 5.69 Å². The molecule has 0 radical (unpaired) electrons. The van der Waals surface area contributed by atoms with Crippen LogP contribution in [0.4, 0.5) is 14.5 Å². The number of hydrogen-bond acceptors (Lipinski definition) is 1. The average Bonchev–Trinajstić information content (AvgIpc) is 2.43. The van der Waals surface area contributed by atoms with Crippen LogP contribution in [0.1, 0.15) is 31.9 Å². The van der Waals surface area contributed by atoms with Crippen molar-refractivity contribution in [3.05, 3.63) is 47.5 Å². The standard InChI is InChI=1S/C14H13F2N.C2H6/c1-3-9-11(15)6-5-8-7-12(17)14(16)10(4-2)13(8)9;1-2/h3,5-7H,1,4,17H2,2H3;1-2H3. The summed E-state index contributed by atoms with van der Waals surface area (Å²) in [5.41, 5.74) is 6.46. The van der Waals surface area contributed by atoms with Crippen molar-refractivity contribution in [2.24, 2.45) is 0 Å². The highest BCUT2D eigenvalue weighted by atomic mass is 19.1. The highest BCUT2D eigenvalue weighted by Gasteiger charge is 2.14. The van der Waals surface area contributed by atoms with Crippen LogP contribution in [-0.2, 0) is 6.42 Å². The van der Waals surface area contributed by atoms with Crippen molar-refractivity contribution < 1.29 is 8.78 Å². The van der Waals surface area contributed by atoms with Gasteiger partial charge in [-0.15, -0.1) is 0 Å². The van der Waals surface area contributed by atoms with Gasteiger partial charge < -0.3 is 5.73 Å². The van der Waals surface area contributed by atoms with Crippen LogP contribution in [0.2, 0.25) is 0 Å². The molecule has 0 heterocycles. The lowest BCUT2D eigenvalue weighted by Crippen LogP contribution is -1.99. The first-order valence-electron chi connectivity index (χ1n) is 6.41. The Hall–Kier alpha value is -1.90. The Bertz CT molecular complexity index is 603. The van der Waals surface area contributed by atoms with Crippen LogP contribution >= 0.6 is 0 Å². The fraction of sp³-hybridized carbons (Fsp3) is 0.250. The molecule has 0 aliphatic carbocycles. The molecule has 0 unspecified atom stereocenters. The summed E-state index contributed by atoms with van der Waals surface area (Å²) >= 11 is 0. The van der Waals surface area contributed by atoms with E-state index in [1.165, 1.54) is 18.2 Å². The lowest BCUT2D eigenvalue weighted by molar-refractivity contribution is 0.617. The molecule has 2 rings (SSSR count). The Balaban J connectivity index is 0.000000861. The molecule has 0 fully saturated rings. The molecule has 2 N–H and O–H groups in total. The molecule has 0 saturated carbocycles. The first kappa shape index (κ1) is 15.2.